The summed E-state index contributed by atoms with van der Waals surface area (Å²) in [4.78, 5) is 24.0. The number of rotatable bonds is 4. The molecule has 1 aromatic carbocycles. The Bertz CT molecular complexity index is 1000. The molecule has 1 aliphatic rings. The molecule has 0 saturated heterocycles. The van der Waals surface area contributed by atoms with E-state index in [9.17, 15) is 4.79 Å². The number of amides is 1. The molecule has 2 aromatic heterocycles. The van der Waals surface area contributed by atoms with E-state index in [0.29, 0.717) is 22.2 Å². The summed E-state index contributed by atoms with van der Waals surface area (Å²) >= 11 is 6.54. The van der Waals surface area contributed by atoms with Crippen molar-refractivity contribution >= 4 is 34.2 Å². The molecule has 7 nitrogen and oxygen atoms in total. The summed E-state index contributed by atoms with van der Waals surface area (Å²) in [5.74, 6) is -0.111. The van der Waals surface area contributed by atoms with Gasteiger partial charge < -0.3 is 21.8 Å². The van der Waals surface area contributed by atoms with Gasteiger partial charge >= 0.3 is 0 Å². The van der Waals surface area contributed by atoms with Crippen LogP contribution < -0.4 is 16.8 Å². The molecule has 8 heteroatoms. The number of carbonyl (C=O) groups excluding carboxylic acids is 1. The van der Waals surface area contributed by atoms with Crippen LogP contribution in [0.4, 0.5) is 5.82 Å². The highest BCUT2D eigenvalue weighted by molar-refractivity contribution is 6.38. The van der Waals surface area contributed by atoms with Gasteiger partial charge in [0.2, 0.25) is 0 Å². The standard InChI is InChI=1S/C19H21ClN6O/c20-15-10-5-1-3-7-12(10)25-16(15)17-18(19(22)27)23-9-14(26-17)24-13-8-4-2-6-11(13)21/h1,3,5,7,9,11,13,25H,2,4,6,8,21H2,(H2,22,27)(H,24,26)/t11-,13+/m0/s1. The molecule has 27 heavy (non-hydrogen) atoms. The predicted molar refractivity (Wildman–Crippen MR) is 107 cm³/mol. The Hall–Kier alpha value is -2.64. The molecule has 1 saturated carbocycles. The topological polar surface area (TPSA) is 123 Å². The van der Waals surface area contributed by atoms with Gasteiger partial charge in [0.1, 0.15) is 11.5 Å². The van der Waals surface area contributed by atoms with Gasteiger partial charge in [-0.1, -0.05) is 42.6 Å². The quantitative estimate of drug-likeness (QED) is 0.550. The first-order valence-electron chi connectivity index (χ1n) is 9.00. The Morgan fingerprint density at radius 1 is 1.26 bits per heavy atom. The van der Waals surface area contributed by atoms with Crippen LogP contribution in [0.15, 0.2) is 30.5 Å². The van der Waals surface area contributed by atoms with Crippen molar-refractivity contribution in [1.29, 1.82) is 0 Å². The molecule has 0 unspecified atom stereocenters. The molecule has 0 bridgehead atoms. The van der Waals surface area contributed by atoms with Gasteiger partial charge in [-0.3, -0.25) is 4.79 Å². The van der Waals surface area contributed by atoms with Crippen molar-refractivity contribution in [1.82, 2.24) is 15.0 Å². The summed E-state index contributed by atoms with van der Waals surface area (Å²) in [6.07, 6.45) is 5.73. The first-order valence-corrected chi connectivity index (χ1v) is 9.38. The van der Waals surface area contributed by atoms with Crippen LogP contribution >= 0.6 is 11.6 Å². The Balaban J connectivity index is 1.77. The van der Waals surface area contributed by atoms with E-state index in [4.69, 9.17) is 23.1 Å². The van der Waals surface area contributed by atoms with Crippen LogP contribution in [0.5, 0.6) is 0 Å². The molecule has 1 fully saturated rings. The average molecular weight is 385 g/mol. The van der Waals surface area contributed by atoms with E-state index < -0.39 is 5.91 Å². The molecule has 4 rings (SSSR count). The van der Waals surface area contributed by atoms with Crippen molar-refractivity contribution in [3.05, 3.63) is 41.2 Å². The van der Waals surface area contributed by atoms with Crippen LogP contribution in [0.3, 0.4) is 0 Å². The second kappa shape index (κ2) is 7.17. The Labute approximate surface area is 161 Å². The van der Waals surface area contributed by atoms with Gasteiger partial charge in [0.05, 0.1) is 16.9 Å². The van der Waals surface area contributed by atoms with Crippen LogP contribution in [-0.2, 0) is 0 Å². The van der Waals surface area contributed by atoms with E-state index in [1.807, 2.05) is 24.3 Å². The molecule has 0 radical (unpaired) electrons. The number of anilines is 1. The number of aromatic amines is 1. The van der Waals surface area contributed by atoms with E-state index in [1.165, 1.54) is 6.20 Å². The van der Waals surface area contributed by atoms with E-state index in [0.717, 1.165) is 36.6 Å². The minimum absolute atomic E-state index is 0.0662. The summed E-state index contributed by atoms with van der Waals surface area (Å²) in [6.45, 7) is 0. The molecule has 0 aliphatic heterocycles. The van der Waals surface area contributed by atoms with E-state index >= 15 is 0 Å². The number of H-pyrrole nitrogens is 1. The molecule has 0 spiro atoms. The van der Waals surface area contributed by atoms with Crippen molar-refractivity contribution < 1.29 is 4.79 Å². The fourth-order valence-corrected chi connectivity index (χ4v) is 3.91. The van der Waals surface area contributed by atoms with Crippen LogP contribution in [0.25, 0.3) is 22.3 Å². The molecular weight excluding hydrogens is 364 g/mol. The number of carbonyl (C=O) groups is 1. The maximum absolute atomic E-state index is 11.9. The second-order valence-corrected chi connectivity index (χ2v) is 7.25. The van der Waals surface area contributed by atoms with Crippen molar-refractivity contribution in [2.45, 2.75) is 37.8 Å². The summed E-state index contributed by atoms with van der Waals surface area (Å²) in [6, 6.07) is 7.80. The number of aromatic nitrogens is 3. The zero-order valence-corrected chi connectivity index (χ0v) is 15.5. The molecular formula is C19H21ClN6O. The fourth-order valence-electron chi connectivity index (χ4n) is 3.61. The normalized spacial score (nSPS) is 19.9. The number of nitrogens with two attached hydrogens (primary N) is 2. The number of hydrogen-bond acceptors (Lipinski definition) is 5. The third-order valence-corrected chi connectivity index (χ3v) is 5.43. The lowest BCUT2D eigenvalue weighted by molar-refractivity contribution is 0.0996. The minimum atomic E-state index is -0.659. The lowest BCUT2D eigenvalue weighted by Gasteiger charge is -2.29. The predicted octanol–water partition coefficient (Wildman–Crippen LogP) is 3.06. The number of para-hydroxylation sites is 1. The SMILES string of the molecule is NC(=O)c1ncc(N[C@@H]2CCCC[C@@H]2N)nc1-c1[nH]c2ccccc2c1Cl. The van der Waals surface area contributed by atoms with Crippen molar-refractivity contribution in [3.8, 4) is 11.4 Å². The molecule has 2 heterocycles. The minimum Gasteiger partial charge on any atom is -0.364 e. The van der Waals surface area contributed by atoms with Gasteiger partial charge in [0, 0.05) is 23.0 Å². The number of nitrogens with one attached hydrogen (secondary N) is 2. The zero-order valence-electron chi connectivity index (χ0n) is 14.7. The maximum atomic E-state index is 11.9. The summed E-state index contributed by atoms with van der Waals surface area (Å²) < 4.78 is 0. The highest BCUT2D eigenvalue weighted by atomic mass is 35.5. The van der Waals surface area contributed by atoms with Crippen LogP contribution in [-0.4, -0.2) is 32.9 Å². The number of fused-ring (bicyclic) bond motifs is 1. The van der Waals surface area contributed by atoms with Crippen molar-refractivity contribution in [3.63, 3.8) is 0 Å². The monoisotopic (exact) mass is 384 g/mol. The summed E-state index contributed by atoms with van der Waals surface area (Å²) in [5, 5.41) is 4.68. The van der Waals surface area contributed by atoms with Crippen LogP contribution in [0.2, 0.25) is 5.02 Å². The average Bonchev–Trinajstić information content (AvgIpc) is 3.00. The van der Waals surface area contributed by atoms with Crippen LogP contribution in [0, 0.1) is 0 Å². The molecule has 1 amide bonds. The van der Waals surface area contributed by atoms with Crippen molar-refractivity contribution in [2.24, 2.45) is 11.5 Å². The van der Waals surface area contributed by atoms with Crippen LogP contribution in [0.1, 0.15) is 36.2 Å². The Morgan fingerprint density at radius 2 is 2.04 bits per heavy atom. The molecule has 6 N–H and O–H groups in total. The highest BCUT2D eigenvalue weighted by Crippen LogP contribution is 2.35. The molecule has 3 aromatic rings. The van der Waals surface area contributed by atoms with Gasteiger partial charge in [-0.05, 0) is 18.9 Å². The Morgan fingerprint density at radius 3 is 2.78 bits per heavy atom. The van der Waals surface area contributed by atoms with Gasteiger partial charge in [0.25, 0.3) is 5.91 Å². The number of hydrogen-bond donors (Lipinski definition) is 4. The second-order valence-electron chi connectivity index (χ2n) is 6.88. The number of halogens is 1. The smallest absolute Gasteiger partial charge is 0.269 e. The van der Waals surface area contributed by atoms with E-state index in [-0.39, 0.29) is 17.8 Å². The lowest BCUT2D eigenvalue weighted by atomic mass is 9.91. The van der Waals surface area contributed by atoms with Gasteiger partial charge in [-0.15, -0.1) is 0 Å². The van der Waals surface area contributed by atoms with Gasteiger partial charge in [-0.2, -0.15) is 0 Å². The molecule has 1 aliphatic carbocycles. The fraction of sp³-hybridized carbons (Fsp3) is 0.316. The first kappa shape index (κ1) is 17.8. The first-order chi connectivity index (χ1) is 13.0. The molecule has 2 atom stereocenters. The molecule has 140 valence electrons. The maximum Gasteiger partial charge on any atom is 0.269 e. The van der Waals surface area contributed by atoms with Crippen molar-refractivity contribution in [2.75, 3.05) is 5.32 Å². The highest BCUT2D eigenvalue weighted by Gasteiger charge is 2.24. The summed E-state index contributed by atoms with van der Waals surface area (Å²) in [5.41, 5.74) is 13.5. The third kappa shape index (κ3) is 3.36. The zero-order chi connectivity index (χ0) is 19.0. The van der Waals surface area contributed by atoms with E-state index in [1.54, 1.807) is 0 Å². The summed E-state index contributed by atoms with van der Waals surface area (Å²) in [7, 11) is 0. The Kier molecular flexibility index (Phi) is 4.72. The van der Waals surface area contributed by atoms with Gasteiger partial charge in [-0.25, -0.2) is 9.97 Å². The largest absolute Gasteiger partial charge is 0.364 e. The number of benzene rings is 1. The lowest BCUT2D eigenvalue weighted by Crippen LogP contribution is -2.42. The number of nitrogens with zero attached hydrogens (tertiary/aromatic N) is 2. The van der Waals surface area contributed by atoms with Gasteiger partial charge in [0.15, 0.2) is 5.69 Å². The third-order valence-electron chi connectivity index (χ3n) is 5.04. The van der Waals surface area contributed by atoms with E-state index in [2.05, 4.69) is 20.3 Å². The number of primary amides is 1.